The third-order valence-electron chi connectivity index (χ3n) is 5.68. The third kappa shape index (κ3) is 3.87. The second-order valence-electron chi connectivity index (χ2n) is 7.85. The van der Waals surface area contributed by atoms with Crippen LogP contribution in [-0.4, -0.2) is 57.5 Å². The highest BCUT2D eigenvalue weighted by Gasteiger charge is 2.36. The number of nitrogens with zero attached hydrogens (tertiary/aromatic N) is 5. The van der Waals surface area contributed by atoms with Gasteiger partial charge in [0.1, 0.15) is 5.82 Å². The third-order valence-corrected chi connectivity index (χ3v) is 6.84. The van der Waals surface area contributed by atoms with Gasteiger partial charge in [-0.1, -0.05) is 29.4 Å². The fourth-order valence-corrected chi connectivity index (χ4v) is 4.89. The molecule has 1 aromatic carbocycles. The topological polar surface area (TPSA) is 54.3 Å². The molecule has 8 heteroatoms. The Hall–Kier alpha value is -1.73. The highest BCUT2D eigenvalue weighted by Crippen LogP contribution is 2.46. The van der Waals surface area contributed by atoms with Crippen molar-refractivity contribution < 1.29 is 4.79 Å². The summed E-state index contributed by atoms with van der Waals surface area (Å²) in [6, 6.07) is 8.47. The first-order chi connectivity index (χ1) is 13.7. The fourth-order valence-electron chi connectivity index (χ4n) is 3.79. The monoisotopic (exact) mass is 417 g/mol. The van der Waals surface area contributed by atoms with Crippen molar-refractivity contribution in [2.45, 2.75) is 42.8 Å². The summed E-state index contributed by atoms with van der Waals surface area (Å²) in [6.07, 6.45) is 4.88. The average Bonchev–Trinajstić information content (AvgIpc) is 3.65. The number of hydrogen-bond acceptors (Lipinski definition) is 5. The number of halogens is 1. The second-order valence-corrected chi connectivity index (χ2v) is 9.23. The van der Waals surface area contributed by atoms with Gasteiger partial charge in [-0.25, -0.2) is 0 Å². The van der Waals surface area contributed by atoms with Gasteiger partial charge in [0.25, 0.3) is 0 Å². The molecule has 6 nitrogen and oxygen atoms in total. The van der Waals surface area contributed by atoms with Crippen LogP contribution in [0.3, 0.4) is 0 Å². The zero-order chi connectivity index (χ0) is 19.1. The number of amides is 1. The van der Waals surface area contributed by atoms with E-state index >= 15 is 0 Å². The lowest BCUT2D eigenvalue weighted by molar-refractivity contribution is -0.128. The van der Waals surface area contributed by atoms with Gasteiger partial charge in [0, 0.05) is 48.8 Å². The van der Waals surface area contributed by atoms with Crippen molar-refractivity contribution >= 4 is 35.0 Å². The Kier molecular flexibility index (Phi) is 4.97. The van der Waals surface area contributed by atoms with Crippen LogP contribution >= 0.6 is 23.4 Å². The number of carbonyl (C=O) groups is 1. The molecular formula is C20H24ClN5OS. The summed E-state index contributed by atoms with van der Waals surface area (Å²) in [5.41, 5.74) is 1.12. The summed E-state index contributed by atoms with van der Waals surface area (Å²) in [7, 11) is 0. The van der Waals surface area contributed by atoms with E-state index in [-0.39, 0.29) is 5.91 Å². The first-order valence-electron chi connectivity index (χ1n) is 10.0. The molecule has 148 valence electrons. The molecule has 2 aliphatic carbocycles. The van der Waals surface area contributed by atoms with Crippen molar-refractivity contribution in [2.75, 3.05) is 36.8 Å². The van der Waals surface area contributed by atoms with Crippen LogP contribution in [0.5, 0.6) is 0 Å². The first-order valence-corrected chi connectivity index (χ1v) is 11.4. The fraction of sp³-hybridized carbons (Fsp3) is 0.550. The largest absolute Gasteiger partial charge is 0.368 e. The van der Waals surface area contributed by atoms with Crippen LogP contribution in [-0.2, 0) is 4.79 Å². The molecule has 3 fully saturated rings. The van der Waals surface area contributed by atoms with Crippen molar-refractivity contribution in [1.29, 1.82) is 0 Å². The maximum atomic E-state index is 12.7. The summed E-state index contributed by atoms with van der Waals surface area (Å²) >= 11 is 7.65. The number of hydrogen-bond donors (Lipinski definition) is 0. The van der Waals surface area contributed by atoms with Gasteiger partial charge in [-0.3, -0.25) is 4.79 Å². The summed E-state index contributed by atoms with van der Waals surface area (Å²) in [5, 5.41) is 10.5. The van der Waals surface area contributed by atoms with E-state index in [2.05, 4.69) is 25.7 Å². The summed E-state index contributed by atoms with van der Waals surface area (Å²) in [5.74, 6) is 2.37. The molecule has 5 rings (SSSR count). The van der Waals surface area contributed by atoms with E-state index in [1.807, 2.05) is 23.1 Å². The summed E-state index contributed by atoms with van der Waals surface area (Å²) < 4.78 is 2.31. The van der Waals surface area contributed by atoms with E-state index in [1.165, 1.54) is 25.7 Å². The number of anilines is 1. The second kappa shape index (κ2) is 7.59. The van der Waals surface area contributed by atoms with Crippen molar-refractivity contribution in [3.63, 3.8) is 0 Å². The van der Waals surface area contributed by atoms with Crippen molar-refractivity contribution in [3.8, 4) is 0 Å². The molecule has 2 saturated carbocycles. The van der Waals surface area contributed by atoms with E-state index < -0.39 is 0 Å². The van der Waals surface area contributed by atoms with Gasteiger partial charge >= 0.3 is 0 Å². The van der Waals surface area contributed by atoms with Gasteiger partial charge < -0.3 is 14.4 Å². The Balaban J connectivity index is 1.16. The predicted octanol–water partition coefficient (Wildman–Crippen LogP) is 3.58. The van der Waals surface area contributed by atoms with Crippen LogP contribution in [0.15, 0.2) is 29.4 Å². The average molecular weight is 418 g/mol. The van der Waals surface area contributed by atoms with Crippen molar-refractivity contribution in [2.24, 2.45) is 0 Å². The zero-order valence-corrected chi connectivity index (χ0v) is 17.3. The smallest absolute Gasteiger partial charge is 0.233 e. The van der Waals surface area contributed by atoms with E-state index in [0.29, 0.717) is 17.7 Å². The number of aromatic nitrogens is 3. The predicted molar refractivity (Wildman–Crippen MR) is 111 cm³/mol. The first kappa shape index (κ1) is 18.3. The van der Waals surface area contributed by atoms with Gasteiger partial charge in [0.2, 0.25) is 5.91 Å². The molecule has 2 heterocycles. The quantitative estimate of drug-likeness (QED) is 0.672. The van der Waals surface area contributed by atoms with Crippen molar-refractivity contribution in [1.82, 2.24) is 19.7 Å². The molecule has 3 aliphatic rings. The molecule has 1 aromatic heterocycles. The van der Waals surface area contributed by atoms with Crippen LogP contribution in [0.25, 0.3) is 0 Å². The minimum absolute atomic E-state index is 0.189. The standard InChI is InChI=1S/C20H24ClN5OS/c21-15-2-1-3-17(12-15)24-8-10-25(11-9-24)18(27)13-28-20-23-22-19(14-4-5-14)26(20)16-6-7-16/h1-3,12,14,16H,4-11,13H2. The Labute approximate surface area is 174 Å². The molecule has 0 radical (unpaired) electrons. The summed E-state index contributed by atoms with van der Waals surface area (Å²) in [4.78, 5) is 17.0. The lowest BCUT2D eigenvalue weighted by Crippen LogP contribution is -2.49. The highest BCUT2D eigenvalue weighted by atomic mass is 35.5. The van der Waals surface area contributed by atoms with E-state index in [4.69, 9.17) is 11.6 Å². The van der Waals surface area contributed by atoms with E-state index in [9.17, 15) is 4.79 Å². The van der Waals surface area contributed by atoms with E-state index in [1.54, 1.807) is 11.8 Å². The van der Waals surface area contributed by atoms with E-state index in [0.717, 1.165) is 47.9 Å². The molecule has 0 atom stereocenters. The minimum atomic E-state index is 0.189. The number of benzene rings is 1. The minimum Gasteiger partial charge on any atom is -0.368 e. The maximum absolute atomic E-state index is 12.7. The molecule has 2 aromatic rings. The van der Waals surface area contributed by atoms with Gasteiger partial charge in [-0.05, 0) is 43.9 Å². The molecule has 28 heavy (non-hydrogen) atoms. The van der Waals surface area contributed by atoms with Gasteiger partial charge in [-0.2, -0.15) is 0 Å². The SMILES string of the molecule is O=C(CSc1nnc(C2CC2)n1C1CC1)N1CCN(c2cccc(Cl)c2)CC1. The van der Waals surface area contributed by atoms with Crippen LogP contribution < -0.4 is 4.90 Å². The highest BCUT2D eigenvalue weighted by molar-refractivity contribution is 7.99. The molecule has 0 bridgehead atoms. The maximum Gasteiger partial charge on any atom is 0.233 e. The van der Waals surface area contributed by atoms with Crippen LogP contribution in [0.4, 0.5) is 5.69 Å². The van der Waals surface area contributed by atoms with Crippen LogP contribution in [0, 0.1) is 0 Å². The van der Waals surface area contributed by atoms with Crippen molar-refractivity contribution in [3.05, 3.63) is 35.1 Å². The summed E-state index contributed by atoms with van der Waals surface area (Å²) in [6.45, 7) is 3.16. The number of carbonyl (C=O) groups excluding carboxylic acids is 1. The van der Waals surface area contributed by atoms with Crippen LogP contribution in [0.1, 0.15) is 43.5 Å². The molecule has 0 unspecified atom stereocenters. The zero-order valence-electron chi connectivity index (χ0n) is 15.8. The lowest BCUT2D eigenvalue weighted by Gasteiger charge is -2.36. The van der Waals surface area contributed by atoms with Gasteiger partial charge in [0.15, 0.2) is 5.16 Å². The molecule has 1 saturated heterocycles. The van der Waals surface area contributed by atoms with Gasteiger partial charge in [-0.15, -0.1) is 10.2 Å². The number of piperazine rings is 1. The number of rotatable bonds is 6. The molecule has 0 spiro atoms. The molecule has 0 N–H and O–H groups in total. The van der Waals surface area contributed by atoms with Gasteiger partial charge in [0.05, 0.1) is 5.75 Å². The Morgan fingerprint density at radius 1 is 1.11 bits per heavy atom. The Morgan fingerprint density at radius 2 is 1.89 bits per heavy atom. The van der Waals surface area contributed by atoms with Crippen LogP contribution in [0.2, 0.25) is 5.02 Å². The lowest BCUT2D eigenvalue weighted by atomic mass is 10.2. The Morgan fingerprint density at radius 3 is 2.57 bits per heavy atom. The Bertz CT molecular complexity index is 871. The molecule has 1 aliphatic heterocycles. The molecule has 1 amide bonds. The normalized spacial score (nSPS) is 19.9. The number of thioether (sulfide) groups is 1. The molecular weight excluding hydrogens is 394 g/mol.